The van der Waals surface area contributed by atoms with Crippen LogP contribution in [0, 0.1) is 29.6 Å². The summed E-state index contributed by atoms with van der Waals surface area (Å²) in [4.78, 5) is 0. The number of hydrogen-bond donors (Lipinski definition) is 0. The smallest absolute Gasteiger partial charge is 0.0218 e. The normalized spacial score (nSPS) is 33.8. The van der Waals surface area contributed by atoms with Gasteiger partial charge in [-0.05, 0) is 114 Å². The van der Waals surface area contributed by atoms with Crippen molar-refractivity contribution in [2.45, 2.75) is 51.9 Å². The third-order valence-electron chi connectivity index (χ3n) is 8.86. The van der Waals surface area contributed by atoms with Crippen molar-refractivity contribution in [2.24, 2.45) is 23.2 Å². The van der Waals surface area contributed by atoms with E-state index < -0.39 is 0 Å². The van der Waals surface area contributed by atoms with Crippen LogP contribution in [0.4, 0.5) is 0 Å². The molecule has 0 atom stereocenters. The number of fused-ring (bicyclic) bond motifs is 3. The Hall–Kier alpha value is -2.08. The maximum absolute atomic E-state index is 2.53. The van der Waals surface area contributed by atoms with Crippen LogP contribution in [0.1, 0.15) is 68.6 Å². The zero-order chi connectivity index (χ0) is 19.2. The highest BCUT2D eigenvalue weighted by atomic mass is 14.6. The molecule has 6 aliphatic rings. The summed E-state index contributed by atoms with van der Waals surface area (Å²) in [7, 11) is 0. The van der Waals surface area contributed by atoms with E-state index in [1.54, 1.807) is 16.7 Å². The summed E-state index contributed by atoms with van der Waals surface area (Å²) in [6, 6.07) is 15.9. The van der Waals surface area contributed by atoms with Gasteiger partial charge in [0.1, 0.15) is 0 Å². The van der Waals surface area contributed by atoms with Crippen LogP contribution in [0.2, 0.25) is 0 Å². The average Bonchev–Trinajstić information content (AvgIpc) is 3.27. The summed E-state index contributed by atoms with van der Waals surface area (Å²) >= 11 is 0. The molecular weight excluding hydrogens is 348 g/mol. The van der Waals surface area contributed by atoms with E-state index in [1.165, 1.54) is 66.3 Å². The Morgan fingerprint density at radius 2 is 1.41 bits per heavy atom. The molecule has 0 saturated heterocycles. The molecule has 0 heterocycles. The molecule has 0 amide bonds. The summed E-state index contributed by atoms with van der Waals surface area (Å²) in [6.07, 6.45) is 15.1. The fraction of sp³-hybridized carbons (Fsp3) is 0.414. The first kappa shape index (κ1) is 16.7. The molecule has 0 nitrogen and oxygen atoms in total. The Labute approximate surface area is 174 Å². The van der Waals surface area contributed by atoms with Gasteiger partial charge in [-0.25, -0.2) is 0 Å². The molecule has 4 fully saturated rings. The lowest BCUT2D eigenvalue weighted by molar-refractivity contribution is -0.0287. The lowest BCUT2D eigenvalue weighted by atomic mass is 9.47. The molecule has 0 heteroatoms. The molecule has 6 aliphatic carbocycles. The largest absolute Gasteiger partial charge is 0.0769 e. The predicted molar refractivity (Wildman–Crippen MR) is 120 cm³/mol. The van der Waals surface area contributed by atoms with Gasteiger partial charge in [0.05, 0.1) is 0 Å². The second-order valence-corrected chi connectivity index (χ2v) is 10.6. The van der Waals surface area contributed by atoms with Gasteiger partial charge in [0, 0.05) is 6.42 Å². The van der Waals surface area contributed by atoms with Gasteiger partial charge in [-0.1, -0.05) is 54.1 Å². The van der Waals surface area contributed by atoms with E-state index in [9.17, 15) is 0 Å². The van der Waals surface area contributed by atoms with Crippen molar-refractivity contribution in [1.29, 1.82) is 0 Å². The maximum Gasteiger partial charge on any atom is 0.0218 e. The topological polar surface area (TPSA) is 0 Å². The van der Waals surface area contributed by atoms with E-state index in [-0.39, 0.29) is 0 Å². The second-order valence-electron chi connectivity index (χ2n) is 10.6. The Bertz CT molecular complexity index is 1060. The molecule has 0 unspecified atom stereocenters. The van der Waals surface area contributed by atoms with Crippen molar-refractivity contribution in [3.63, 3.8) is 0 Å². The van der Waals surface area contributed by atoms with E-state index >= 15 is 0 Å². The van der Waals surface area contributed by atoms with E-state index in [2.05, 4.69) is 61.9 Å². The van der Waals surface area contributed by atoms with Gasteiger partial charge in [-0.2, -0.15) is 0 Å². The van der Waals surface area contributed by atoms with Crippen molar-refractivity contribution >= 4 is 5.57 Å². The van der Waals surface area contributed by atoms with Crippen molar-refractivity contribution in [3.05, 3.63) is 82.8 Å². The third-order valence-corrected chi connectivity index (χ3v) is 8.86. The molecule has 4 saturated carbocycles. The summed E-state index contributed by atoms with van der Waals surface area (Å²) < 4.78 is 0. The first-order chi connectivity index (χ1) is 14.2. The average molecular weight is 378 g/mol. The first-order valence-corrected chi connectivity index (χ1v) is 11.7. The lowest BCUT2D eigenvalue weighted by Gasteiger charge is -2.58. The number of rotatable bonds is 2. The molecule has 4 bridgehead atoms. The Morgan fingerprint density at radius 3 is 2.17 bits per heavy atom. The van der Waals surface area contributed by atoms with Gasteiger partial charge >= 0.3 is 0 Å². The van der Waals surface area contributed by atoms with Gasteiger partial charge in [-0.15, -0.1) is 0 Å². The minimum absolute atomic E-state index is 0.481. The SMILES string of the molecule is CC1=CCC(c2cccc3c2[CH]c2ccccc2-3)=C1C12CC3CC(CC(C3)C1)C2. The highest BCUT2D eigenvalue weighted by Crippen LogP contribution is 2.65. The Morgan fingerprint density at radius 1 is 0.759 bits per heavy atom. The fourth-order valence-electron chi connectivity index (χ4n) is 8.34. The van der Waals surface area contributed by atoms with Crippen LogP contribution in [0.15, 0.2) is 59.7 Å². The van der Waals surface area contributed by atoms with Crippen LogP contribution in [-0.2, 0) is 0 Å². The van der Waals surface area contributed by atoms with E-state index in [4.69, 9.17) is 0 Å². The Kier molecular flexibility index (Phi) is 3.31. The van der Waals surface area contributed by atoms with E-state index in [0.29, 0.717) is 5.41 Å². The standard InChI is InChI=1S/C29H29/c1-18-9-10-26(28(18)29-15-19-11-20(16-29)13-21(12-19)17-29)25-8-4-7-24-23-6-3-2-5-22(23)14-27(24)25/h2-9,14,19-21H,10-13,15-17H2,1H3. The second kappa shape index (κ2) is 5.75. The summed E-state index contributed by atoms with van der Waals surface area (Å²) in [6.45, 7) is 2.41. The van der Waals surface area contributed by atoms with Gasteiger partial charge in [0.25, 0.3) is 0 Å². The highest BCUT2D eigenvalue weighted by molar-refractivity contribution is 5.89. The maximum atomic E-state index is 2.53. The van der Waals surface area contributed by atoms with E-state index in [0.717, 1.165) is 24.2 Å². The monoisotopic (exact) mass is 377 g/mol. The van der Waals surface area contributed by atoms with Crippen molar-refractivity contribution in [3.8, 4) is 11.1 Å². The van der Waals surface area contributed by atoms with Gasteiger partial charge in [-0.3, -0.25) is 0 Å². The third kappa shape index (κ3) is 2.26. The van der Waals surface area contributed by atoms with Crippen LogP contribution in [0.25, 0.3) is 16.7 Å². The van der Waals surface area contributed by atoms with Crippen LogP contribution >= 0.6 is 0 Å². The number of benzene rings is 2. The molecular formula is C29H29. The lowest BCUT2D eigenvalue weighted by Crippen LogP contribution is -2.47. The number of hydrogen-bond acceptors (Lipinski definition) is 0. The number of allylic oxidation sites excluding steroid dienone is 4. The summed E-state index contributed by atoms with van der Waals surface area (Å²) in [5, 5.41) is 0. The molecule has 145 valence electrons. The fourth-order valence-corrected chi connectivity index (χ4v) is 8.34. The molecule has 1 radical (unpaired) electrons. The predicted octanol–water partition coefficient (Wildman–Crippen LogP) is 7.59. The quantitative estimate of drug-likeness (QED) is 0.431. The summed E-state index contributed by atoms with van der Waals surface area (Å²) in [5.74, 6) is 3.00. The first-order valence-electron chi connectivity index (χ1n) is 11.7. The minimum Gasteiger partial charge on any atom is -0.0769 e. The van der Waals surface area contributed by atoms with Crippen LogP contribution in [-0.4, -0.2) is 0 Å². The molecule has 8 rings (SSSR count). The molecule has 2 aromatic carbocycles. The molecule has 29 heavy (non-hydrogen) atoms. The minimum atomic E-state index is 0.481. The van der Waals surface area contributed by atoms with Crippen molar-refractivity contribution in [1.82, 2.24) is 0 Å². The van der Waals surface area contributed by atoms with Gasteiger partial charge in [0.15, 0.2) is 0 Å². The molecule has 0 aliphatic heterocycles. The van der Waals surface area contributed by atoms with Gasteiger partial charge in [0.2, 0.25) is 0 Å². The zero-order valence-corrected chi connectivity index (χ0v) is 17.4. The van der Waals surface area contributed by atoms with E-state index in [1.807, 2.05) is 0 Å². The molecule has 0 spiro atoms. The van der Waals surface area contributed by atoms with Crippen molar-refractivity contribution in [2.75, 3.05) is 0 Å². The Balaban J connectivity index is 1.40. The zero-order valence-electron chi connectivity index (χ0n) is 17.4. The molecule has 0 aromatic heterocycles. The molecule has 0 N–H and O–H groups in total. The van der Waals surface area contributed by atoms with Crippen LogP contribution in [0.3, 0.4) is 0 Å². The van der Waals surface area contributed by atoms with Crippen LogP contribution in [0.5, 0.6) is 0 Å². The highest BCUT2D eigenvalue weighted by Gasteiger charge is 2.53. The summed E-state index contributed by atoms with van der Waals surface area (Å²) in [5.41, 5.74) is 12.7. The van der Waals surface area contributed by atoms with Crippen molar-refractivity contribution < 1.29 is 0 Å². The van der Waals surface area contributed by atoms with Crippen LogP contribution < -0.4 is 0 Å². The molecule has 2 aromatic rings. The van der Waals surface area contributed by atoms with Gasteiger partial charge < -0.3 is 0 Å².